The molecule has 4 heterocycles. The van der Waals surface area contributed by atoms with E-state index in [1.165, 1.54) is 12.1 Å². The van der Waals surface area contributed by atoms with Crippen molar-refractivity contribution in [3.05, 3.63) is 108 Å². The minimum absolute atomic E-state index is 0.0334. The van der Waals surface area contributed by atoms with Crippen molar-refractivity contribution in [3.8, 4) is 0 Å². The third kappa shape index (κ3) is 3.90. The number of aromatic amines is 1. The van der Waals surface area contributed by atoms with Crippen LogP contribution in [0.2, 0.25) is 0 Å². The van der Waals surface area contributed by atoms with Crippen LogP contribution in [0, 0.1) is 5.82 Å². The fourth-order valence-electron chi connectivity index (χ4n) is 5.17. The molecule has 0 unspecified atom stereocenters. The summed E-state index contributed by atoms with van der Waals surface area (Å²) in [5.41, 5.74) is 3.27. The Labute approximate surface area is 206 Å². The van der Waals surface area contributed by atoms with E-state index in [1.807, 2.05) is 47.0 Å². The Kier molecular flexibility index (Phi) is 5.48. The third-order valence-electron chi connectivity index (χ3n) is 6.98. The molecule has 6 rings (SSSR count). The van der Waals surface area contributed by atoms with Gasteiger partial charge < -0.3 is 19.6 Å². The van der Waals surface area contributed by atoms with Crippen LogP contribution in [0.4, 0.5) is 4.39 Å². The quantitative estimate of drug-likeness (QED) is 0.400. The molecule has 8 heteroatoms. The zero-order valence-electron chi connectivity index (χ0n) is 19.4. The number of nitrogens with zero attached hydrogens (tertiary/aromatic N) is 3. The van der Waals surface area contributed by atoms with Gasteiger partial charge in [0.2, 0.25) is 0 Å². The molecular formula is C28H24FN5O2. The normalized spacial score (nSPS) is 18.0. The monoisotopic (exact) mass is 481 g/mol. The fraction of sp³-hybridized carbons (Fsp3) is 0.179. The molecule has 1 aliphatic rings. The number of amides is 2. The topological polar surface area (TPSA) is 82.5 Å². The average Bonchev–Trinajstić information content (AvgIpc) is 3.57. The van der Waals surface area contributed by atoms with E-state index in [9.17, 15) is 14.0 Å². The molecular weight excluding hydrogens is 457 g/mol. The number of rotatable bonds is 4. The van der Waals surface area contributed by atoms with Gasteiger partial charge in [-0.25, -0.2) is 9.37 Å². The second-order valence-electron chi connectivity index (χ2n) is 9.13. The van der Waals surface area contributed by atoms with Crippen molar-refractivity contribution < 1.29 is 14.0 Å². The summed E-state index contributed by atoms with van der Waals surface area (Å²) in [6, 6.07) is 19.6. The maximum atomic E-state index is 14.2. The highest BCUT2D eigenvalue weighted by atomic mass is 19.1. The van der Waals surface area contributed by atoms with Gasteiger partial charge in [0.1, 0.15) is 11.5 Å². The minimum atomic E-state index is -0.381. The highest BCUT2D eigenvalue weighted by molar-refractivity contribution is 6.01. The molecule has 1 fully saturated rings. The van der Waals surface area contributed by atoms with Crippen LogP contribution in [0.3, 0.4) is 0 Å². The van der Waals surface area contributed by atoms with Crippen LogP contribution in [0.25, 0.3) is 16.4 Å². The molecule has 1 aliphatic heterocycles. The Hall–Kier alpha value is -4.46. The van der Waals surface area contributed by atoms with Gasteiger partial charge in [0.25, 0.3) is 11.8 Å². The largest absolute Gasteiger partial charge is 0.350 e. The highest BCUT2D eigenvalue weighted by Gasteiger charge is 2.34. The zero-order valence-corrected chi connectivity index (χ0v) is 19.4. The molecule has 2 atom stereocenters. The molecule has 1 saturated heterocycles. The summed E-state index contributed by atoms with van der Waals surface area (Å²) in [7, 11) is 0. The molecule has 0 bridgehead atoms. The van der Waals surface area contributed by atoms with Crippen molar-refractivity contribution in [2.75, 3.05) is 13.1 Å². The Morgan fingerprint density at radius 2 is 1.92 bits per heavy atom. The predicted octanol–water partition coefficient (Wildman–Crippen LogP) is 4.38. The molecule has 0 aliphatic carbocycles. The van der Waals surface area contributed by atoms with Gasteiger partial charge in [-0.1, -0.05) is 36.4 Å². The standard InChI is InChI=1S/C28H24FN5O2/c29-22-9-4-10-23-21(22)14-24(31-23)27(35)32-25-16-33(13-11-19(25)18-6-2-1-3-7-18)28(36)20-8-5-12-34-17-30-15-26(20)34/h1-10,12,14-15,17,19,25,31H,11,13,16H2,(H,32,35)/t19-,25+/m0/s1. The number of halogens is 1. The highest BCUT2D eigenvalue weighted by Crippen LogP contribution is 2.30. The summed E-state index contributed by atoms with van der Waals surface area (Å²) in [4.78, 5) is 35.8. The zero-order chi connectivity index (χ0) is 24.6. The van der Waals surface area contributed by atoms with Crippen molar-refractivity contribution >= 4 is 28.2 Å². The summed E-state index contributed by atoms with van der Waals surface area (Å²) >= 11 is 0. The first-order chi connectivity index (χ1) is 17.6. The number of likely N-dealkylation sites (tertiary alicyclic amines) is 1. The van der Waals surface area contributed by atoms with Crippen molar-refractivity contribution in [2.45, 2.75) is 18.4 Å². The van der Waals surface area contributed by atoms with Gasteiger partial charge in [0, 0.05) is 36.1 Å². The number of H-pyrrole nitrogens is 1. The number of benzene rings is 2. The molecule has 3 aromatic heterocycles. The molecule has 0 saturated carbocycles. The third-order valence-corrected chi connectivity index (χ3v) is 6.98. The van der Waals surface area contributed by atoms with E-state index in [1.54, 1.807) is 35.6 Å². The van der Waals surface area contributed by atoms with Crippen LogP contribution in [0.15, 0.2) is 85.5 Å². The number of carbonyl (C=O) groups is 2. The van der Waals surface area contributed by atoms with Gasteiger partial charge in [-0.15, -0.1) is 0 Å². The second kappa shape index (κ2) is 8.96. The number of imidazole rings is 1. The number of fused-ring (bicyclic) bond motifs is 2. The summed E-state index contributed by atoms with van der Waals surface area (Å²) in [5, 5.41) is 3.50. The second-order valence-corrected chi connectivity index (χ2v) is 9.13. The lowest BCUT2D eigenvalue weighted by molar-refractivity contribution is 0.0656. The van der Waals surface area contributed by atoms with E-state index in [0.717, 1.165) is 11.1 Å². The molecule has 0 spiro atoms. The SMILES string of the molecule is O=C(N[C@@H]1CN(C(=O)c2cccn3cncc23)CC[C@H]1c1ccccc1)c1cc2c(F)cccc2[nH]1. The summed E-state index contributed by atoms with van der Waals surface area (Å²) in [5.74, 6) is -0.775. The van der Waals surface area contributed by atoms with E-state index in [0.29, 0.717) is 36.0 Å². The van der Waals surface area contributed by atoms with E-state index in [4.69, 9.17) is 0 Å². The summed E-state index contributed by atoms with van der Waals surface area (Å²) in [6.45, 7) is 0.922. The van der Waals surface area contributed by atoms with Crippen LogP contribution in [-0.4, -0.2) is 50.2 Å². The Morgan fingerprint density at radius 1 is 1.06 bits per heavy atom. The van der Waals surface area contributed by atoms with Gasteiger partial charge >= 0.3 is 0 Å². The van der Waals surface area contributed by atoms with E-state index in [-0.39, 0.29) is 35.3 Å². The van der Waals surface area contributed by atoms with E-state index < -0.39 is 0 Å². The van der Waals surface area contributed by atoms with Crippen LogP contribution in [-0.2, 0) is 0 Å². The smallest absolute Gasteiger partial charge is 0.268 e. The lowest BCUT2D eigenvalue weighted by Gasteiger charge is -2.39. The summed E-state index contributed by atoms with van der Waals surface area (Å²) in [6.07, 6.45) is 5.90. The summed E-state index contributed by atoms with van der Waals surface area (Å²) < 4.78 is 16.0. The average molecular weight is 482 g/mol. The van der Waals surface area contributed by atoms with Crippen LogP contribution >= 0.6 is 0 Å². The number of pyridine rings is 1. The fourth-order valence-corrected chi connectivity index (χ4v) is 5.17. The first kappa shape index (κ1) is 22.0. The first-order valence-electron chi connectivity index (χ1n) is 11.9. The Morgan fingerprint density at radius 3 is 2.75 bits per heavy atom. The molecule has 2 aromatic carbocycles. The van der Waals surface area contributed by atoms with Gasteiger partial charge in [0.05, 0.1) is 29.6 Å². The van der Waals surface area contributed by atoms with Gasteiger partial charge in [-0.2, -0.15) is 0 Å². The number of piperidine rings is 1. The number of hydrogen-bond acceptors (Lipinski definition) is 3. The van der Waals surface area contributed by atoms with Crippen molar-refractivity contribution in [1.82, 2.24) is 24.6 Å². The van der Waals surface area contributed by atoms with E-state index in [2.05, 4.69) is 15.3 Å². The van der Waals surface area contributed by atoms with Gasteiger partial charge in [0.15, 0.2) is 0 Å². The van der Waals surface area contributed by atoms with Crippen LogP contribution < -0.4 is 5.32 Å². The molecule has 5 aromatic rings. The molecule has 180 valence electrons. The predicted molar refractivity (Wildman–Crippen MR) is 134 cm³/mol. The molecule has 2 N–H and O–H groups in total. The minimum Gasteiger partial charge on any atom is -0.350 e. The molecule has 36 heavy (non-hydrogen) atoms. The molecule has 7 nitrogen and oxygen atoms in total. The number of carbonyl (C=O) groups excluding carboxylic acids is 2. The number of hydrogen-bond donors (Lipinski definition) is 2. The van der Waals surface area contributed by atoms with Gasteiger partial charge in [-0.05, 0) is 42.3 Å². The lowest BCUT2D eigenvalue weighted by atomic mass is 9.85. The van der Waals surface area contributed by atoms with Crippen molar-refractivity contribution in [1.29, 1.82) is 0 Å². The molecule has 2 amide bonds. The molecule has 0 radical (unpaired) electrons. The number of aromatic nitrogens is 3. The van der Waals surface area contributed by atoms with Crippen LogP contribution in [0.5, 0.6) is 0 Å². The van der Waals surface area contributed by atoms with Crippen molar-refractivity contribution in [3.63, 3.8) is 0 Å². The van der Waals surface area contributed by atoms with Gasteiger partial charge in [-0.3, -0.25) is 9.59 Å². The maximum absolute atomic E-state index is 14.2. The van der Waals surface area contributed by atoms with E-state index >= 15 is 0 Å². The maximum Gasteiger partial charge on any atom is 0.268 e. The Balaban J connectivity index is 1.29. The Bertz CT molecular complexity index is 1570. The lowest BCUT2D eigenvalue weighted by Crippen LogP contribution is -2.53. The first-order valence-corrected chi connectivity index (χ1v) is 11.9. The van der Waals surface area contributed by atoms with Crippen LogP contribution in [0.1, 0.15) is 38.7 Å². The van der Waals surface area contributed by atoms with Crippen molar-refractivity contribution in [2.24, 2.45) is 0 Å². The number of nitrogens with one attached hydrogen (secondary N) is 2.